The van der Waals surface area contributed by atoms with Crippen molar-refractivity contribution in [1.29, 1.82) is 0 Å². The molecular formula is C13H12N2O4S. The number of methoxy groups -OCH3 is 1. The second-order valence-corrected chi connectivity index (χ2v) is 5.61. The number of benzene rings is 2. The van der Waals surface area contributed by atoms with Crippen LogP contribution >= 0.6 is 0 Å². The Labute approximate surface area is 116 Å². The molecule has 20 heavy (non-hydrogen) atoms. The number of hydrogen-bond acceptors (Lipinski definition) is 5. The van der Waals surface area contributed by atoms with Gasteiger partial charge in [-0.25, -0.2) is 8.42 Å². The molecule has 0 atom stereocenters. The fraction of sp³-hybridized carbons (Fsp3) is 0.0769. The molecule has 0 saturated heterocycles. The fourth-order valence-corrected chi connectivity index (χ4v) is 2.64. The van der Waals surface area contributed by atoms with E-state index in [9.17, 15) is 13.3 Å². The SMILES string of the molecule is COc1cccc(NS(=O)(=O)c2ccc(N=O)cc2)c1. The molecule has 0 aliphatic rings. The molecule has 0 bridgehead atoms. The monoisotopic (exact) mass is 292 g/mol. The summed E-state index contributed by atoms with van der Waals surface area (Å²) < 4.78 is 31.7. The minimum atomic E-state index is -3.71. The molecule has 0 aromatic heterocycles. The summed E-state index contributed by atoms with van der Waals surface area (Å²) in [6.07, 6.45) is 0. The molecule has 0 amide bonds. The van der Waals surface area contributed by atoms with Crippen LogP contribution in [-0.2, 0) is 10.0 Å². The molecule has 0 fully saturated rings. The molecule has 0 aliphatic heterocycles. The van der Waals surface area contributed by atoms with Gasteiger partial charge in [0.2, 0.25) is 0 Å². The van der Waals surface area contributed by atoms with Gasteiger partial charge in [0, 0.05) is 6.07 Å². The molecule has 7 heteroatoms. The summed E-state index contributed by atoms with van der Waals surface area (Å²) in [5.41, 5.74) is 0.562. The fourth-order valence-electron chi connectivity index (χ4n) is 1.59. The molecule has 2 aromatic carbocycles. The lowest BCUT2D eigenvalue weighted by atomic mass is 10.3. The number of ether oxygens (including phenoxy) is 1. The van der Waals surface area contributed by atoms with Crippen LogP contribution in [0.25, 0.3) is 0 Å². The summed E-state index contributed by atoms with van der Waals surface area (Å²) in [6.45, 7) is 0. The summed E-state index contributed by atoms with van der Waals surface area (Å²) in [5.74, 6) is 0.547. The van der Waals surface area contributed by atoms with E-state index in [4.69, 9.17) is 4.74 Å². The van der Waals surface area contributed by atoms with Crippen LogP contribution in [0.2, 0.25) is 0 Å². The second-order valence-electron chi connectivity index (χ2n) is 3.92. The Hall–Kier alpha value is -2.41. The third kappa shape index (κ3) is 3.12. The maximum absolute atomic E-state index is 12.1. The average molecular weight is 292 g/mol. The van der Waals surface area contributed by atoms with E-state index in [1.54, 1.807) is 24.3 Å². The highest BCUT2D eigenvalue weighted by molar-refractivity contribution is 7.92. The van der Waals surface area contributed by atoms with Crippen LogP contribution in [0.3, 0.4) is 0 Å². The summed E-state index contributed by atoms with van der Waals surface area (Å²) >= 11 is 0. The van der Waals surface area contributed by atoms with E-state index in [0.717, 1.165) is 0 Å². The minimum absolute atomic E-state index is 0.0488. The minimum Gasteiger partial charge on any atom is -0.497 e. The van der Waals surface area contributed by atoms with Gasteiger partial charge in [0.15, 0.2) is 0 Å². The molecule has 0 saturated carbocycles. The van der Waals surface area contributed by atoms with Crippen molar-refractivity contribution < 1.29 is 13.2 Å². The summed E-state index contributed by atoms with van der Waals surface area (Å²) in [6, 6.07) is 11.9. The first-order chi connectivity index (χ1) is 9.55. The molecule has 2 rings (SSSR count). The molecule has 0 aliphatic carbocycles. The lowest BCUT2D eigenvalue weighted by Gasteiger charge is -2.09. The van der Waals surface area contributed by atoms with Gasteiger partial charge in [0.1, 0.15) is 11.4 Å². The van der Waals surface area contributed by atoms with Crippen molar-refractivity contribution in [2.45, 2.75) is 4.90 Å². The number of sulfonamides is 1. The molecule has 0 heterocycles. The van der Waals surface area contributed by atoms with Crippen LogP contribution in [0, 0.1) is 4.91 Å². The van der Waals surface area contributed by atoms with Crippen molar-refractivity contribution in [2.75, 3.05) is 11.8 Å². The van der Waals surface area contributed by atoms with Gasteiger partial charge < -0.3 is 4.74 Å². The molecule has 1 N–H and O–H groups in total. The molecule has 6 nitrogen and oxygen atoms in total. The van der Waals surface area contributed by atoms with Gasteiger partial charge in [-0.1, -0.05) is 6.07 Å². The Kier molecular flexibility index (Phi) is 3.99. The summed E-state index contributed by atoms with van der Waals surface area (Å²) in [4.78, 5) is 10.3. The van der Waals surface area contributed by atoms with E-state index in [2.05, 4.69) is 9.90 Å². The van der Waals surface area contributed by atoms with Crippen molar-refractivity contribution in [3.63, 3.8) is 0 Å². The maximum atomic E-state index is 12.1. The Balaban J connectivity index is 2.27. The van der Waals surface area contributed by atoms with Gasteiger partial charge in [-0.3, -0.25) is 4.72 Å². The second kappa shape index (κ2) is 5.70. The van der Waals surface area contributed by atoms with Crippen molar-refractivity contribution in [3.05, 3.63) is 53.4 Å². The van der Waals surface area contributed by atoms with Crippen LogP contribution < -0.4 is 9.46 Å². The van der Waals surface area contributed by atoms with E-state index < -0.39 is 10.0 Å². The summed E-state index contributed by atoms with van der Waals surface area (Å²) in [7, 11) is -2.21. The van der Waals surface area contributed by atoms with E-state index in [0.29, 0.717) is 11.4 Å². The number of nitrogens with zero attached hydrogens (tertiary/aromatic N) is 1. The number of hydrogen-bond donors (Lipinski definition) is 1. The topological polar surface area (TPSA) is 84.8 Å². The van der Waals surface area contributed by atoms with Crippen molar-refractivity contribution in [3.8, 4) is 5.75 Å². The third-order valence-electron chi connectivity index (χ3n) is 2.57. The standard InChI is InChI=1S/C13H12N2O4S/c1-19-12-4-2-3-11(9-12)15-20(17,18)13-7-5-10(14-16)6-8-13/h2-9,15H,1H3. The Morgan fingerprint density at radius 2 is 1.80 bits per heavy atom. The highest BCUT2D eigenvalue weighted by Crippen LogP contribution is 2.22. The highest BCUT2D eigenvalue weighted by atomic mass is 32.2. The van der Waals surface area contributed by atoms with Crippen molar-refractivity contribution in [1.82, 2.24) is 0 Å². The van der Waals surface area contributed by atoms with E-state index in [-0.39, 0.29) is 10.6 Å². The third-order valence-corrected chi connectivity index (χ3v) is 3.97. The number of nitrogens with one attached hydrogen (secondary N) is 1. The lowest BCUT2D eigenvalue weighted by molar-refractivity contribution is 0.415. The van der Waals surface area contributed by atoms with Gasteiger partial charge in [0.25, 0.3) is 10.0 Å². The van der Waals surface area contributed by atoms with E-state index >= 15 is 0 Å². The van der Waals surface area contributed by atoms with Gasteiger partial charge in [-0.05, 0) is 41.6 Å². The first kappa shape index (κ1) is 14.0. The van der Waals surface area contributed by atoms with Crippen LogP contribution in [0.15, 0.2) is 58.6 Å². The zero-order valence-corrected chi connectivity index (χ0v) is 11.4. The Morgan fingerprint density at radius 1 is 1.10 bits per heavy atom. The van der Waals surface area contributed by atoms with E-state index in [1.165, 1.54) is 31.4 Å². The molecule has 104 valence electrons. The molecule has 0 spiro atoms. The molecular weight excluding hydrogens is 280 g/mol. The molecule has 0 radical (unpaired) electrons. The van der Waals surface area contributed by atoms with Gasteiger partial charge >= 0.3 is 0 Å². The predicted molar refractivity (Wildman–Crippen MR) is 75.7 cm³/mol. The quantitative estimate of drug-likeness (QED) is 0.859. The predicted octanol–water partition coefficient (Wildman–Crippen LogP) is 2.89. The van der Waals surface area contributed by atoms with Crippen molar-refractivity contribution in [2.24, 2.45) is 5.18 Å². The van der Waals surface area contributed by atoms with Gasteiger partial charge in [-0.2, -0.15) is 0 Å². The van der Waals surface area contributed by atoms with Crippen LogP contribution in [-0.4, -0.2) is 15.5 Å². The average Bonchev–Trinajstić information content (AvgIpc) is 2.47. The normalized spacial score (nSPS) is 10.8. The maximum Gasteiger partial charge on any atom is 0.261 e. The summed E-state index contributed by atoms with van der Waals surface area (Å²) in [5, 5.41) is 2.72. The Bertz CT molecular complexity index is 711. The highest BCUT2D eigenvalue weighted by Gasteiger charge is 2.14. The smallest absolute Gasteiger partial charge is 0.261 e. The van der Waals surface area contributed by atoms with E-state index in [1.807, 2.05) is 0 Å². The van der Waals surface area contributed by atoms with Gasteiger partial charge in [-0.15, -0.1) is 4.91 Å². The molecule has 0 unspecified atom stereocenters. The lowest BCUT2D eigenvalue weighted by Crippen LogP contribution is -2.12. The zero-order valence-electron chi connectivity index (χ0n) is 10.6. The van der Waals surface area contributed by atoms with Crippen LogP contribution in [0.1, 0.15) is 0 Å². The van der Waals surface area contributed by atoms with Crippen molar-refractivity contribution >= 4 is 21.4 Å². The van der Waals surface area contributed by atoms with Gasteiger partial charge in [0.05, 0.1) is 17.7 Å². The van der Waals surface area contributed by atoms with Crippen LogP contribution in [0.5, 0.6) is 5.75 Å². The zero-order chi connectivity index (χ0) is 14.6. The van der Waals surface area contributed by atoms with Crippen LogP contribution in [0.4, 0.5) is 11.4 Å². The number of rotatable bonds is 5. The number of nitroso groups, excluding NO2 is 1. The first-order valence-corrected chi connectivity index (χ1v) is 7.14. The molecule has 2 aromatic rings. The first-order valence-electron chi connectivity index (χ1n) is 5.65. The Morgan fingerprint density at radius 3 is 2.40 bits per heavy atom. The largest absolute Gasteiger partial charge is 0.497 e. The number of anilines is 1.